The molecule has 0 bridgehead atoms. The van der Waals surface area contributed by atoms with Crippen molar-refractivity contribution in [2.75, 3.05) is 7.11 Å². The monoisotopic (exact) mass is 448 g/mol. The number of allylic oxidation sites excluding steroid dienone is 1. The zero-order valence-electron chi connectivity index (χ0n) is 19.1. The predicted octanol–water partition coefficient (Wildman–Crippen LogP) is 6.87. The molecule has 1 aliphatic heterocycles. The van der Waals surface area contributed by atoms with Crippen LogP contribution in [0.5, 0.6) is 17.2 Å². The summed E-state index contributed by atoms with van der Waals surface area (Å²) in [7, 11) is 1.64. The normalized spacial score (nSPS) is 13.5. The van der Waals surface area contributed by atoms with Gasteiger partial charge in [0.2, 0.25) is 5.78 Å². The fraction of sp³-hybridized carbons (Fsp3) is 0.100. The number of carbonyl (C=O) groups is 1. The topological polar surface area (TPSA) is 44.8 Å². The Morgan fingerprint density at radius 3 is 2.24 bits per heavy atom. The number of fused-ring (bicyclic) bond motifs is 1. The molecule has 0 N–H and O–H groups in total. The Morgan fingerprint density at radius 1 is 0.824 bits per heavy atom. The molecule has 5 rings (SSSR count). The van der Waals surface area contributed by atoms with Gasteiger partial charge in [-0.3, -0.25) is 4.79 Å². The van der Waals surface area contributed by atoms with E-state index in [1.807, 2.05) is 79.7 Å². The molecule has 34 heavy (non-hydrogen) atoms. The number of Topliss-reactive ketones (excluding diaryl/α,β-unsaturated/α-hetero) is 1. The van der Waals surface area contributed by atoms with Crippen LogP contribution >= 0.6 is 0 Å². The molecule has 0 aliphatic carbocycles. The molecule has 4 aromatic rings. The molecular weight excluding hydrogens is 424 g/mol. The highest BCUT2D eigenvalue weighted by atomic mass is 16.5. The summed E-state index contributed by atoms with van der Waals surface area (Å²) in [5, 5.41) is 0. The van der Waals surface area contributed by atoms with Crippen molar-refractivity contribution in [1.29, 1.82) is 0 Å². The molecule has 0 amide bonds. The number of ether oxygens (including phenoxy) is 3. The fourth-order valence-electron chi connectivity index (χ4n) is 4.00. The average Bonchev–Trinajstić information content (AvgIpc) is 3.19. The third-order valence-electron chi connectivity index (χ3n) is 5.82. The van der Waals surface area contributed by atoms with Gasteiger partial charge in [0, 0.05) is 6.07 Å². The van der Waals surface area contributed by atoms with Gasteiger partial charge in [-0.2, -0.15) is 0 Å². The number of hydrogen-bond donors (Lipinski definition) is 0. The summed E-state index contributed by atoms with van der Waals surface area (Å²) in [5.41, 5.74) is 5.62. The Balaban J connectivity index is 1.32. The van der Waals surface area contributed by atoms with Crippen LogP contribution in [0.2, 0.25) is 0 Å². The molecular formula is C30H24O4. The van der Waals surface area contributed by atoms with E-state index >= 15 is 0 Å². The second-order valence-electron chi connectivity index (χ2n) is 8.18. The van der Waals surface area contributed by atoms with E-state index in [1.54, 1.807) is 19.3 Å². The van der Waals surface area contributed by atoms with Gasteiger partial charge in [-0.1, -0.05) is 66.7 Å². The first kappa shape index (κ1) is 21.5. The highest BCUT2D eigenvalue weighted by Gasteiger charge is 2.30. The molecule has 0 aromatic heterocycles. The highest BCUT2D eigenvalue weighted by Crippen LogP contribution is 2.38. The van der Waals surface area contributed by atoms with Crippen LogP contribution in [0.15, 0.2) is 96.8 Å². The first-order valence-electron chi connectivity index (χ1n) is 11.1. The Labute approximate surface area is 199 Å². The van der Waals surface area contributed by atoms with Gasteiger partial charge in [-0.15, -0.1) is 0 Å². The molecule has 1 heterocycles. The first-order valence-corrected chi connectivity index (χ1v) is 11.1. The number of ketones is 1. The third-order valence-corrected chi connectivity index (χ3v) is 5.82. The van der Waals surface area contributed by atoms with Gasteiger partial charge >= 0.3 is 0 Å². The quantitative estimate of drug-likeness (QED) is 0.302. The van der Waals surface area contributed by atoms with Crippen LogP contribution in [0.25, 0.3) is 17.2 Å². The molecule has 0 saturated heterocycles. The van der Waals surface area contributed by atoms with E-state index in [0.29, 0.717) is 29.4 Å². The Bertz CT molecular complexity index is 1350. The van der Waals surface area contributed by atoms with Crippen LogP contribution in [-0.4, -0.2) is 12.9 Å². The third kappa shape index (κ3) is 4.44. The Morgan fingerprint density at radius 2 is 1.53 bits per heavy atom. The average molecular weight is 449 g/mol. The summed E-state index contributed by atoms with van der Waals surface area (Å²) in [6.45, 7) is 2.31. The minimum atomic E-state index is -0.110. The lowest BCUT2D eigenvalue weighted by Crippen LogP contribution is -2.00. The second kappa shape index (κ2) is 9.28. The molecule has 0 saturated carbocycles. The maximum absolute atomic E-state index is 13.0. The van der Waals surface area contributed by atoms with E-state index in [-0.39, 0.29) is 5.78 Å². The van der Waals surface area contributed by atoms with E-state index in [4.69, 9.17) is 14.2 Å². The predicted molar refractivity (Wildman–Crippen MR) is 133 cm³/mol. The SMILES string of the molecule is COc1ccc(COc2cc(C)c3c(c2)O/C(=C\c2ccc(-c4ccccc4)cc2)C3=O)cc1. The minimum Gasteiger partial charge on any atom is -0.497 e. The summed E-state index contributed by atoms with van der Waals surface area (Å²) in [6, 6.07) is 29.6. The van der Waals surface area contributed by atoms with Crippen molar-refractivity contribution in [3.63, 3.8) is 0 Å². The van der Waals surface area contributed by atoms with E-state index in [0.717, 1.165) is 33.6 Å². The smallest absolute Gasteiger partial charge is 0.232 e. The van der Waals surface area contributed by atoms with Crippen molar-refractivity contribution < 1.29 is 19.0 Å². The fourth-order valence-corrected chi connectivity index (χ4v) is 4.00. The standard InChI is InChI=1S/C30H24O4/c1-20-16-26(33-19-22-10-14-25(32-2)15-11-22)18-27-29(20)30(31)28(34-27)17-21-8-12-24(13-9-21)23-6-4-3-5-7-23/h3-18H,19H2,1-2H3/b28-17-. The zero-order chi connectivity index (χ0) is 23.5. The maximum atomic E-state index is 13.0. The summed E-state index contributed by atoms with van der Waals surface area (Å²) >= 11 is 0. The van der Waals surface area contributed by atoms with Crippen molar-refractivity contribution in [1.82, 2.24) is 0 Å². The maximum Gasteiger partial charge on any atom is 0.232 e. The number of aryl methyl sites for hydroxylation is 1. The molecule has 4 nitrogen and oxygen atoms in total. The molecule has 4 heteroatoms. The van der Waals surface area contributed by atoms with Crippen LogP contribution in [0.1, 0.15) is 27.0 Å². The lowest BCUT2D eigenvalue weighted by molar-refractivity contribution is 0.101. The molecule has 4 aromatic carbocycles. The molecule has 168 valence electrons. The molecule has 0 spiro atoms. The first-order chi connectivity index (χ1) is 16.6. The minimum absolute atomic E-state index is 0.110. The van der Waals surface area contributed by atoms with E-state index in [1.165, 1.54) is 0 Å². The number of rotatable bonds is 6. The van der Waals surface area contributed by atoms with E-state index in [9.17, 15) is 4.79 Å². The molecule has 0 fully saturated rings. The van der Waals surface area contributed by atoms with Crippen LogP contribution in [0, 0.1) is 6.92 Å². The van der Waals surface area contributed by atoms with Gasteiger partial charge in [0.05, 0.1) is 12.7 Å². The van der Waals surface area contributed by atoms with Gasteiger partial charge in [-0.05, 0) is 59.0 Å². The summed E-state index contributed by atoms with van der Waals surface area (Å²) in [5.74, 6) is 2.20. The van der Waals surface area contributed by atoms with Crippen LogP contribution in [0.4, 0.5) is 0 Å². The molecule has 0 unspecified atom stereocenters. The molecule has 1 aliphatic rings. The van der Waals surface area contributed by atoms with Crippen molar-refractivity contribution in [2.24, 2.45) is 0 Å². The van der Waals surface area contributed by atoms with Gasteiger partial charge in [-0.25, -0.2) is 0 Å². The van der Waals surface area contributed by atoms with Crippen LogP contribution < -0.4 is 14.2 Å². The summed E-state index contributed by atoms with van der Waals surface area (Å²) in [4.78, 5) is 13.0. The molecule has 0 atom stereocenters. The lowest BCUT2D eigenvalue weighted by atomic mass is 10.0. The number of methoxy groups -OCH3 is 1. The van der Waals surface area contributed by atoms with Crippen molar-refractivity contribution in [2.45, 2.75) is 13.5 Å². The van der Waals surface area contributed by atoms with E-state index < -0.39 is 0 Å². The summed E-state index contributed by atoms with van der Waals surface area (Å²) in [6.07, 6.45) is 1.79. The van der Waals surface area contributed by atoms with E-state index in [2.05, 4.69) is 12.1 Å². The number of benzene rings is 4. The van der Waals surface area contributed by atoms with Crippen LogP contribution in [-0.2, 0) is 6.61 Å². The second-order valence-corrected chi connectivity index (χ2v) is 8.18. The zero-order valence-corrected chi connectivity index (χ0v) is 19.1. The van der Waals surface area contributed by atoms with Gasteiger partial charge < -0.3 is 14.2 Å². The van der Waals surface area contributed by atoms with Crippen LogP contribution in [0.3, 0.4) is 0 Å². The van der Waals surface area contributed by atoms with Crippen molar-refractivity contribution in [3.8, 4) is 28.4 Å². The number of hydrogen-bond acceptors (Lipinski definition) is 4. The highest BCUT2D eigenvalue weighted by molar-refractivity contribution is 6.15. The summed E-state index contributed by atoms with van der Waals surface area (Å²) < 4.78 is 17.1. The van der Waals surface area contributed by atoms with Crippen molar-refractivity contribution >= 4 is 11.9 Å². The lowest BCUT2D eigenvalue weighted by Gasteiger charge is -2.09. The van der Waals surface area contributed by atoms with Gasteiger partial charge in [0.15, 0.2) is 5.76 Å². The Hall–Kier alpha value is -4.31. The van der Waals surface area contributed by atoms with Gasteiger partial charge in [0.25, 0.3) is 0 Å². The Kier molecular flexibility index (Phi) is 5.88. The molecule has 0 radical (unpaired) electrons. The number of carbonyl (C=O) groups excluding carboxylic acids is 1. The van der Waals surface area contributed by atoms with Gasteiger partial charge in [0.1, 0.15) is 23.9 Å². The largest absolute Gasteiger partial charge is 0.497 e. The van der Waals surface area contributed by atoms with Crippen molar-refractivity contribution in [3.05, 3.63) is 119 Å².